The highest BCUT2D eigenvalue weighted by atomic mass is 16.6. The van der Waals surface area contributed by atoms with Gasteiger partial charge < -0.3 is 14.4 Å². The molecule has 0 N–H and O–H groups in total. The second-order valence-corrected chi connectivity index (χ2v) is 6.92. The summed E-state index contributed by atoms with van der Waals surface area (Å²) >= 11 is 0. The number of nitrogens with zero attached hydrogens (tertiary/aromatic N) is 4. The number of rotatable bonds is 3. The molecule has 130 valence electrons. The summed E-state index contributed by atoms with van der Waals surface area (Å²) in [4.78, 5) is 14.8. The Morgan fingerprint density at radius 2 is 2.04 bits per heavy atom. The first kappa shape index (κ1) is 14.7. The van der Waals surface area contributed by atoms with Crippen LogP contribution < -0.4 is 9.47 Å². The predicted octanol–water partition coefficient (Wildman–Crippen LogP) is 2.01. The maximum Gasteiger partial charge on any atom is 0.257 e. The molecule has 1 aliphatic carbocycles. The molecule has 1 atom stereocenters. The molecule has 1 unspecified atom stereocenters. The molecule has 7 heteroatoms. The topological polar surface area (TPSA) is 69.5 Å². The van der Waals surface area contributed by atoms with E-state index in [4.69, 9.17) is 9.47 Å². The van der Waals surface area contributed by atoms with Gasteiger partial charge in [-0.05, 0) is 31.4 Å². The Hall–Kier alpha value is -2.57. The van der Waals surface area contributed by atoms with Gasteiger partial charge in [0.15, 0.2) is 11.5 Å². The maximum absolute atomic E-state index is 13.0. The lowest BCUT2D eigenvalue weighted by Crippen LogP contribution is -2.30. The molecule has 1 saturated carbocycles. The summed E-state index contributed by atoms with van der Waals surface area (Å²) in [7, 11) is 0. The number of hydrogen-bond donors (Lipinski definition) is 0. The van der Waals surface area contributed by atoms with Crippen LogP contribution in [0.15, 0.2) is 24.4 Å². The molecular formula is C18H20N4O3. The summed E-state index contributed by atoms with van der Waals surface area (Å²) < 4.78 is 13.2. The van der Waals surface area contributed by atoms with E-state index in [0.29, 0.717) is 49.3 Å². The van der Waals surface area contributed by atoms with E-state index in [1.165, 1.54) is 12.8 Å². The number of aromatic nitrogens is 3. The van der Waals surface area contributed by atoms with E-state index in [1.807, 2.05) is 27.8 Å². The molecule has 1 aromatic carbocycles. The fourth-order valence-electron chi connectivity index (χ4n) is 3.59. The Bertz CT molecular complexity index is 814. The lowest BCUT2D eigenvalue weighted by Gasteiger charge is -2.23. The molecule has 1 saturated heterocycles. The molecule has 3 aliphatic rings. The van der Waals surface area contributed by atoms with Gasteiger partial charge in [-0.15, -0.1) is 5.10 Å². The lowest BCUT2D eigenvalue weighted by molar-refractivity contribution is 0.0776. The molecule has 1 aromatic heterocycles. The number of para-hydroxylation sites is 1. The van der Waals surface area contributed by atoms with Gasteiger partial charge in [-0.1, -0.05) is 11.3 Å². The van der Waals surface area contributed by atoms with E-state index < -0.39 is 0 Å². The second-order valence-electron chi connectivity index (χ2n) is 6.92. The zero-order chi connectivity index (χ0) is 16.8. The molecule has 25 heavy (non-hydrogen) atoms. The molecule has 3 heterocycles. The highest BCUT2D eigenvalue weighted by molar-refractivity contribution is 5.98. The van der Waals surface area contributed by atoms with Crippen molar-refractivity contribution in [1.82, 2.24) is 19.9 Å². The minimum absolute atomic E-state index is 0.00705. The molecule has 0 bridgehead atoms. The lowest BCUT2D eigenvalue weighted by atomic mass is 10.1. The Morgan fingerprint density at radius 1 is 1.16 bits per heavy atom. The van der Waals surface area contributed by atoms with Crippen LogP contribution in [0.3, 0.4) is 0 Å². The first-order valence-corrected chi connectivity index (χ1v) is 8.89. The average Bonchev–Trinajstić information content (AvgIpc) is 3.19. The molecule has 7 nitrogen and oxygen atoms in total. The van der Waals surface area contributed by atoms with E-state index in [0.717, 1.165) is 12.1 Å². The van der Waals surface area contributed by atoms with Crippen molar-refractivity contribution in [2.45, 2.75) is 31.2 Å². The third-order valence-electron chi connectivity index (χ3n) is 5.14. The highest BCUT2D eigenvalue weighted by Crippen LogP contribution is 2.39. The molecule has 2 aromatic rings. The van der Waals surface area contributed by atoms with Crippen LogP contribution in [0.4, 0.5) is 0 Å². The Balaban J connectivity index is 1.33. The Morgan fingerprint density at radius 3 is 2.92 bits per heavy atom. The first-order valence-electron chi connectivity index (χ1n) is 8.89. The first-order chi connectivity index (χ1) is 12.3. The summed E-state index contributed by atoms with van der Waals surface area (Å²) in [6.07, 6.45) is 5.38. The molecule has 0 radical (unpaired) electrons. The van der Waals surface area contributed by atoms with E-state index in [-0.39, 0.29) is 11.9 Å². The van der Waals surface area contributed by atoms with Crippen LogP contribution in [0.2, 0.25) is 0 Å². The number of benzene rings is 1. The smallest absolute Gasteiger partial charge is 0.257 e. The van der Waals surface area contributed by atoms with Gasteiger partial charge in [0.05, 0.1) is 17.3 Å². The van der Waals surface area contributed by atoms with Crippen molar-refractivity contribution in [2.24, 2.45) is 0 Å². The molecule has 2 fully saturated rings. The van der Waals surface area contributed by atoms with Gasteiger partial charge in [0.1, 0.15) is 13.2 Å². The van der Waals surface area contributed by atoms with Gasteiger partial charge in [-0.25, -0.2) is 4.68 Å². The molecule has 5 rings (SSSR count). The Kier molecular flexibility index (Phi) is 3.39. The largest absolute Gasteiger partial charge is 0.486 e. The fraction of sp³-hybridized carbons (Fsp3) is 0.500. The number of carbonyl (C=O) groups is 1. The number of carbonyl (C=O) groups excluding carboxylic acids is 1. The third-order valence-corrected chi connectivity index (χ3v) is 5.14. The van der Waals surface area contributed by atoms with Crippen molar-refractivity contribution in [3.8, 4) is 11.5 Å². The molecule has 0 spiro atoms. The standard InChI is InChI=1S/C18H20N4O3/c23-18(14-2-1-3-16-17(14)25-9-8-24-16)21-7-6-13(10-21)22-11-15(19-20-22)12-4-5-12/h1-3,11-13H,4-10H2. The fourth-order valence-corrected chi connectivity index (χ4v) is 3.59. The van der Waals surface area contributed by atoms with Crippen molar-refractivity contribution >= 4 is 5.91 Å². The molecular weight excluding hydrogens is 320 g/mol. The minimum Gasteiger partial charge on any atom is -0.486 e. The van der Waals surface area contributed by atoms with Crippen molar-refractivity contribution in [2.75, 3.05) is 26.3 Å². The van der Waals surface area contributed by atoms with Gasteiger partial charge in [-0.3, -0.25) is 4.79 Å². The van der Waals surface area contributed by atoms with Crippen LogP contribution in [-0.2, 0) is 0 Å². The highest BCUT2D eigenvalue weighted by Gasteiger charge is 2.33. The average molecular weight is 340 g/mol. The number of ether oxygens (including phenoxy) is 2. The number of amides is 1. The van der Waals surface area contributed by atoms with Gasteiger partial charge in [0.25, 0.3) is 5.91 Å². The summed E-state index contributed by atoms with van der Waals surface area (Å²) in [6, 6.07) is 5.69. The van der Waals surface area contributed by atoms with Crippen molar-refractivity contribution < 1.29 is 14.3 Å². The van der Waals surface area contributed by atoms with Crippen molar-refractivity contribution in [1.29, 1.82) is 0 Å². The number of hydrogen-bond acceptors (Lipinski definition) is 5. The van der Waals surface area contributed by atoms with Crippen molar-refractivity contribution in [3.63, 3.8) is 0 Å². The van der Waals surface area contributed by atoms with Crippen LogP contribution in [0.25, 0.3) is 0 Å². The van der Waals surface area contributed by atoms with E-state index in [9.17, 15) is 4.79 Å². The summed E-state index contributed by atoms with van der Waals surface area (Å²) in [5.74, 6) is 1.81. The van der Waals surface area contributed by atoms with Crippen LogP contribution >= 0.6 is 0 Å². The summed E-state index contributed by atoms with van der Waals surface area (Å²) in [5, 5.41) is 8.56. The molecule has 1 amide bonds. The van der Waals surface area contributed by atoms with Crippen LogP contribution in [0, 0.1) is 0 Å². The summed E-state index contributed by atoms with van der Waals surface area (Å²) in [5.41, 5.74) is 1.67. The van der Waals surface area contributed by atoms with Crippen LogP contribution in [0.1, 0.15) is 47.3 Å². The van der Waals surface area contributed by atoms with Gasteiger partial charge in [-0.2, -0.15) is 0 Å². The quantitative estimate of drug-likeness (QED) is 0.855. The zero-order valence-corrected chi connectivity index (χ0v) is 13.9. The monoisotopic (exact) mass is 340 g/mol. The van der Waals surface area contributed by atoms with Crippen molar-refractivity contribution in [3.05, 3.63) is 35.7 Å². The van der Waals surface area contributed by atoms with Gasteiger partial charge in [0.2, 0.25) is 0 Å². The van der Waals surface area contributed by atoms with E-state index in [2.05, 4.69) is 16.5 Å². The number of likely N-dealkylation sites (tertiary alicyclic amines) is 1. The third kappa shape index (κ3) is 2.63. The zero-order valence-electron chi connectivity index (χ0n) is 13.9. The second kappa shape index (κ2) is 5.75. The van der Waals surface area contributed by atoms with E-state index >= 15 is 0 Å². The Labute approximate surface area is 145 Å². The molecule has 2 aliphatic heterocycles. The van der Waals surface area contributed by atoms with Gasteiger partial charge >= 0.3 is 0 Å². The normalized spacial score (nSPS) is 22.2. The van der Waals surface area contributed by atoms with E-state index in [1.54, 1.807) is 0 Å². The van der Waals surface area contributed by atoms with Gasteiger partial charge in [0, 0.05) is 25.2 Å². The van der Waals surface area contributed by atoms with Crippen LogP contribution in [-0.4, -0.2) is 52.1 Å². The predicted molar refractivity (Wildman–Crippen MR) is 89.0 cm³/mol. The summed E-state index contributed by atoms with van der Waals surface area (Å²) in [6.45, 7) is 2.36. The van der Waals surface area contributed by atoms with Crippen LogP contribution in [0.5, 0.6) is 11.5 Å². The SMILES string of the molecule is O=C(c1cccc2c1OCCO2)N1CCC(n2cc(C3CC3)nn2)C1. The number of fused-ring (bicyclic) bond motifs is 1. The maximum atomic E-state index is 13.0. The minimum atomic E-state index is -0.00705.